The van der Waals surface area contributed by atoms with Gasteiger partial charge in [0.1, 0.15) is 0 Å². The second kappa shape index (κ2) is 3.66. The van der Waals surface area contributed by atoms with Gasteiger partial charge in [-0.15, -0.1) is 0 Å². The number of carbonyl (C=O) groups is 1. The SMILES string of the molecule is CCCC1CNCC(=O)N1C1CC1. The standard InChI is InChI=1S/C10H18N2O/c1-2-3-9-6-11-7-10(13)12(9)8-4-5-8/h8-9,11H,2-7H2,1H3. The van der Waals surface area contributed by atoms with E-state index in [1.807, 2.05) is 0 Å². The smallest absolute Gasteiger partial charge is 0.237 e. The van der Waals surface area contributed by atoms with Crippen LogP contribution < -0.4 is 5.32 Å². The van der Waals surface area contributed by atoms with Crippen molar-refractivity contribution in [3.05, 3.63) is 0 Å². The number of piperazine rings is 1. The summed E-state index contributed by atoms with van der Waals surface area (Å²) in [4.78, 5) is 13.8. The molecule has 1 saturated carbocycles. The number of amides is 1. The highest BCUT2D eigenvalue weighted by Crippen LogP contribution is 2.30. The number of nitrogens with zero attached hydrogens (tertiary/aromatic N) is 1. The van der Waals surface area contributed by atoms with E-state index in [0.717, 1.165) is 13.0 Å². The summed E-state index contributed by atoms with van der Waals surface area (Å²) in [6.07, 6.45) is 4.77. The fourth-order valence-corrected chi connectivity index (χ4v) is 2.17. The van der Waals surface area contributed by atoms with Crippen LogP contribution in [0.15, 0.2) is 0 Å². The van der Waals surface area contributed by atoms with Gasteiger partial charge in [0.05, 0.1) is 6.54 Å². The first kappa shape index (κ1) is 9.00. The second-order valence-electron chi connectivity index (χ2n) is 4.11. The normalized spacial score (nSPS) is 29.5. The monoisotopic (exact) mass is 182 g/mol. The average molecular weight is 182 g/mol. The molecule has 1 aliphatic heterocycles. The molecule has 1 saturated heterocycles. The molecular weight excluding hydrogens is 164 g/mol. The van der Waals surface area contributed by atoms with E-state index >= 15 is 0 Å². The third kappa shape index (κ3) is 1.85. The minimum atomic E-state index is 0.312. The molecule has 0 aromatic rings. The molecule has 74 valence electrons. The van der Waals surface area contributed by atoms with E-state index in [2.05, 4.69) is 17.1 Å². The molecule has 1 atom stereocenters. The predicted molar refractivity (Wildman–Crippen MR) is 51.4 cm³/mol. The van der Waals surface area contributed by atoms with Crippen molar-refractivity contribution in [2.75, 3.05) is 13.1 Å². The lowest BCUT2D eigenvalue weighted by molar-refractivity contribution is -0.135. The van der Waals surface area contributed by atoms with Crippen molar-refractivity contribution in [1.82, 2.24) is 10.2 Å². The Morgan fingerprint density at radius 3 is 2.92 bits per heavy atom. The van der Waals surface area contributed by atoms with Crippen LogP contribution in [-0.4, -0.2) is 36.0 Å². The van der Waals surface area contributed by atoms with Crippen molar-refractivity contribution in [1.29, 1.82) is 0 Å². The number of hydrogen-bond donors (Lipinski definition) is 1. The molecule has 0 radical (unpaired) electrons. The fourth-order valence-electron chi connectivity index (χ4n) is 2.17. The Bertz CT molecular complexity index is 199. The van der Waals surface area contributed by atoms with Gasteiger partial charge in [0.2, 0.25) is 5.91 Å². The molecule has 1 unspecified atom stereocenters. The zero-order chi connectivity index (χ0) is 9.26. The summed E-state index contributed by atoms with van der Waals surface area (Å²) in [6, 6.07) is 1.06. The van der Waals surface area contributed by atoms with Crippen molar-refractivity contribution in [3.8, 4) is 0 Å². The molecule has 0 aromatic carbocycles. The zero-order valence-corrected chi connectivity index (χ0v) is 8.25. The van der Waals surface area contributed by atoms with E-state index in [4.69, 9.17) is 0 Å². The first-order chi connectivity index (χ1) is 6.33. The highest BCUT2D eigenvalue weighted by atomic mass is 16.2. The van der Waals surface area contributed by atoms with Crippen LogP contribution in [0.5, 0.6) is 0 Å². The summed E-state index contributed by atoms with van der Waals surface area (Å²) in [5.41, 5.74) is 0. The van der Waals surface area contributed by atoms with Gasteiger partial charge in [0, 0.05) is 18.6 Å². The molecule has 2 rings (SSSR count). The Morgan fingerprint density at radius 1 is 1.54 bits per heavy atom. The molecule has 3 nitrogen and oxygen atoms in total. The van der Waals surface area contributed by atoms with Gasteiger partial charge in [-0.05, 0) is 19.3 Å². The predicted octanol–water partition coefficient (Wildman–Crippen LogP) is 0.749. The molecule has 13 heavy (non-hydrogen) atoms. The molecule has 0 aromatic heterocycles. The molecular formula is C10H18N2O. The minimum Gasteiger partial charge on any atom is -0.334 e. The minimum absolute atomic E-state index is 0.312. The van der Waals surface area contributed by atoms with Gasteiger partial charge in [0.15, 0.2) is 0 Å². The topological polar surface area (TPSA) is 32.3 Å². The van der Waals surface area contributed by atoms with Gasteiger partial charge in [-0.25, -0.2) is 0 Å². The molecule has 0 spiro atoms. The van der Waals surface area contributed by atoms with Crippen molar-refractivity contribution < 1.29 is 4.79 Å². The Balaban J connectivity index is 2.00. The Labute approximate surface area is 79.5 Å². The molecule has 1 N–H and O–H groups in total. The Kier molecular flexibility index (Phi) is 2.54. The molecule has 2 fully saturated rings. The fraction of sp³-hybridized carbons (Fsp3) is 0.900. The summed E-state index contributed by atoms with van der Waals surface area (Å²) in [5, 5.41) is 3.19. The number of rotatable bonds is 3. The zero-order valence-electron chi connectivity index (χ0n) is 8.25. The highest BCUT2D eigenvalue weighted by Gasteiger charge is 2.38. The van der Waals surface area contributed by atoms with Crippen LogP contribution in [0.1, 0.15) is 32.6 Å². The quantitative estimate of drug-likeness (QED) is 0.698. The lowest BCUT2D eigenvalue weighted by Crippen LogP contribution is -2.55. The van der Waals surface area contributed by atoms with Gasteiger partial charge < -0.3 is 10.2 Å². The molecule has 3 heteroatoms. The van der Waals surface area contributed by atoms with Gasteiger partial charge >= 0.3 is 0 Å². The van der Waals surface area contributed by atoms with E-state index in [1.165, 1.54) is 19.3 Å². The average Bonchev–Trinajstić information content (AvgIpc) is 2.88. The van der Waals surface area contributed by atoms with Gasteiger partial charge in [-0.2, -0.15) is 0 Å². The lowest BCUT2D eigenvalue weighted by atomic mass is 10.1. The van der Waals surface area contributed by atoms with Crippen LogP contribution in [-0.2, 0) is 4.79 Å². The first-order valence-corrected chi connectivity index (χ1v) is 5.34. The number of carbonyl (C=O) groups excluding carboxylic acids is 1. The summed E-state index contributed by atoms with van der Waals surface area (Å²) < 4.78 is 0. The van der Waals surface area contributed by atoms with Gasteiger partial charge in [0.25, 0.3) is 0 Å². The van der Waals surface area contributed by atoms with Crippen molar-refractivity contribution in [2.45, 2.75) is 44.7 Å². The second-order valence-corrected chi connectivity index (χ2v) is 4.11. The maximum atomic E-state index is 11.6. The van der Waals surface area contributed by atoms with Crippen molar-refractivity contribution in [3.63, 3.8) is 0 Å². The van der Waals surface area contributed by atoms with Crippen LogP contribution in [0.4, 0.5) is 0 Å². The molecule has 1 aliphatic carbocycles. The lowest BCUT2D eigenvalue weighted by Gasteiger charge is -2.36. The summed E-state index contributed by atoms with van der Waals surface area (Å²) in [5.74, 6) is 0.312. The third-order valence-corrected chi connectivity index (χ3v) is 2.90. The van der Waals surface area contributed by atoms with Crippen LogP contribution in [0.25, 0.3) is 0 Å². The molecule has 1 amide bonds. The maximum absolute atomic E-state index is 11.6. The van der Waals surface area contributed by atoms with Crippen LogP contribution in [0.3, 0.4) is 0 Å². The van der Waals surface area contributed by atoms with Crippen molar-refractivity contribution in [2.24, 2.45) is 0 Å². The third-order valence-electron chi connectivity index (χ3n) is 2.90. The summed E-state index contributed by atoms with van der Waals surface area (Å²) >= 11 is 0. The van der Waals surface area contributed by atoms with Crippen molar-refractivity contribution >= 4 is 5.91 Å². The van der Waals surface area contributed by atoms with Crippen LogP contribution in [0.2, 0.25) is 0 Å². The van der Waals surface area contributed by atoms with Gasteiger partial charge in [-0.3, -0.25) is 4.79 Å². The molecule has 2 aliphatic rings. The van der Waals surface area contributed by atoms with Gasteiger partial charge in [-0.1, -0.05) is 13.3 Å². The van der Waals surface area contributed by atoms with E-state index in [1.54, 1.807) is 0 Å². The Hall–Kier alpha value is -0.570. The summed E-state index contributed by atoms with van der Waals surface area (Å²) in [7, 11) is 0. The van der Waals surface area contributed by atoms with E-state index in [9.17, 15) is 4.79 Å². The van der Waals surface area contributed by atoms with E-state index in [0.29, 0.717) is 24.5 Å². The van der Waals surface area contributed by atoms with E-state index < -0.39 is 0 Å². The number of hydrogen-bond acceptors (Lipinski definition) is 2. The molecule has 0 bridgehead atoms. The van der Waals surface area contributed by atoms with Crippen LogP contribution >= 0.6 is 0 Å². The largest absolute Gasteiger partial charge is 0.334 e. The first-order valence-electron chi connectivity index (χ1n) is 5.34. The molecule has 1 heterocycles. The summed E-state index contributed by atoms with van der Waals surface area (Å²) in [6.45, 7) is 3.73. The highest BCUT2D eigenvalue weighted by molar-refractivity contribution is 5.80. The van der Waals surface area contributed by atoms with Crippen LogP contribution in [0, 0.1) is 0 Å². The van der Waals surface area contributed by atoms with E-state index in [-0.39, 0.29) is 0 Å². The Morgan fingerprint density at radius 2 is 2.31 bits per heavy atom. The maximum Gasteiger partial charge on any atom is 0.237 e. The number of nitrogens with one attached hydrogen (secondary N) is 1.